The molecule has 5 aromatic rings. The second-order valence-electron chi connectivity index (χ2n) is 19.0. The molecule has 346 valence electrons. The molecule has 3 aliphatic rings. The van der Waals surface area contributed by atoms with Crippen LogP contribution < -0.4 is 9.80 Å². The van der Waals surface area contributed by atoms with Crippen LogP contribution in [0.4, 0.5) is 11.4 Å². The summed E-state index contributed by atoms with van der Waals surface area (Å²) in [6, 6.07) is 28.6. The summed E-state index contributed by atoms with van der Waals surface area (Å²) in [4.78, 5) is 5.00. The number of hydrogen-bond acceptors (Lipinski definition) is 6. The van der Waals surface area contributed by atoms with Crippen LogP contribution in [0.1, 0.15) is 96.3 Å². The van der Waals surface area contributed by atoms with Gasteiger partial charge in [-0.3, -0.25) is 4.55 Å². The smallest absolute Gasteiger partial charge is 0.344 e. The van der Waals surface area contributed by atoms with Gasteiger partial charge in [0.25, 0.3) is 10.1 Å². The molecule has 8 rings (SSSR count). The van der Waals surface area contributed by atoms with Crippen LogP contribution >= 0.6 is 31.9 Å². The van der Waals surface area contributed by atoms with Gasteiger partial charge in [0.2, 0.25) is 5.71 Å². The van der Waals surface area contributed by atoms with Crippen LogP contribution in [0, 0.1) is 6.92 Å². The van der Waals surface area contributed by atoms with Gasteiger partial charge in [0.1, 0.15) is 4.90 Å². The van der Waals surface area contributed by atoms with E-state index in [2.05, 4.69) is 161 Å². The summed E-state index contributed by atoms with van der Waals surface area (Å²) in [6.07, 6.45) is 14.1. The second-order valence-corrected chi connectivity index (χ2v) is 24.4. The predicted molar refractivity (Wildman–Crippen MR) is 280 cm³/mol. The molecule has 0 unspecified atom stereocenters. The maximum Gasteiger partial charge on any atom is 0.395 e. The second kappa shape index (κ2) is 18.6. The minimum absolute atomic E-state index is 0.236. The highest BCUT2D eigenvalue weighted by Gasteiger charge is 2.43. The summed E-state index contributed by atoms with van der Waals surface area (Å²) in [7, 11) is -6.37. The zero-order chi connectivity index (χ0) is 47.3. The standard InChI is InChI=1S/C54H59Br2N3O5S2/c1-8-9-10-31-58-46-27-17-39-34-41(55)21-25-44(39)50(46)53(3,4)48(58)29-19-37-15-16-38(52(37)57(7)66(63,64)43-23-13-36(2)14-24-43)20-30-49-54(5,6)51-45-26-22-42(56)35-40(45)18-28-47(51)59(49)32-11-12-33-65(60,61)62/h13-14,17-30,34-35H,8-12,15-16,31-33H2,1-7H3/p+1. The number of fused-ring (bicyclic) bond motifs is 6. The molecule has 1 N–H and O–H groups in total. The summed E-state index contributed by atoms with van der Waals surface area (Å²) >= 11 is 7.33. The van der Waals surface area contributed by atoms with Gasteiger partial charge in [0.05, 0.1) is 5.75 Å². The minimum Gasteiger partial charge on any atom is -0.344 e. The Morgan fingerprint density at radius 2 is 1.12 bits per heavy atom. The predicted octanol–water partition coefficient (Wildman–Crippen LogP) is 13.5. The lowest BCUT2D eigenvalue weighted by Crippen LogP contribution is -2.28. The quantitative estimate of drug-likeness (QED) is 0.0712. The van der Waals surface area contributed by atoms with E-state index in [1.807, 2.05) is 19.1 Å². The Bertz CT molecular complexity index is 3150. The number of benzene rings is 5. The normalized spacial score (nSPS) is 20.2. The highest BCUT2D eigenvalue weighted by molar-refractivity contribution is 9.10. The van der Waals surface area contributed by atoms with Gasteiger partial charge < -0.3 is 9.80 Å². The molecule has 1 fully saturated rings. The summed E-state index contributed by atoms with van der Waals surface area (Å²) < 4.78 is 65.7. The average molecular weight is 1060 g/mol. The molecular formula is C54H60Br2N3O5S2+. The SMILES string of the molecule is CCCCCN1/C(=C/C=C2\CCC(=C/C=C3/N(CCCCS(=O)(=O)O)c4ccc5cc(Br)ccc5c4C3(C)C)\C2=[N+](\C)S(=O)(=O)c2ccc(C)cc2)C(C)(C)c2c1ccc1cc(Br)ccc21. The molecule has 0 aromatic heterocycles. The van der Waals surface area contributed by atoms with Crippen molar-refractivity contribution in [3.05, 3.63) is 157 Å². The zero-order valence-corrected chi connectivity index (χ0v) is 43.8. The maximum absolute atomic E-state index is 14.6. The van der Waals surface area contributed by atoms with Crippen LogP contribution in [0.15, 0.2) is 146 Å². The topological polar surface area (TPSA) is 98.0 Å². The first-order valence-electron chi connectivity index (χ1n) is 23.0. The van der Waals surface area contributed by atoms with Crippen molar-refractivity contribution in [1.29, 1.82) is 0 Å². The van der Waals surface area contributed by atoms with E-state index in [1.54, 1.807) is 19.2 Å². The van der Waals surface area contributed by atoms with E-state index < -0.39 is 25.6 Å². The number of rotatable bonds is 13. The highest BCUT2D eigenvalue weighted by Crippen LogP contribution is 2.53. The third kappa shape index (κ3) is 9.17. The number of sulfonamides is 1. The van der Waals surface area contributed by atoms with Crippen molar-refractivity contribution < 1.29 is 25.4 Å². The van der Waals surface area contributed by atoms with Crippen LogP contribution in [-0.2, 0) is 31.0 Å². The molecule has 8 nitrogen and oxygen atoms in total. The minimum atomic E-state index is -4.09. The summed E-state index contributed by atoms with van der Waals surface area (Å²) in [5.41, 5.74) is 9.71. The Morgan fingerprint density at radius 3 is 1.58 bits per heavy atom. The van der Waals surface area contributed by atoms with Crippen molar-refractivity contribution in [3.63, 3.8) is 0 Å². The van der Waals surface area contributed by atoms with E-state index in [1.165, 1.54) is 37.3 Å². The van der Waals surface area contributed by atoms with Gasteiger partial charge in [-0.1, -0.05) is 133 Å². The number of anilines is 2. The molecule has 0 saturated heterocycles. The number of unbranched alkanes of at least 4 members (excludes halogenated alkanes) is 3. The van der Waals surface area contributed by atoms with Crippen LogP contribution in [0.2, 0.25) is 0 Å². The molecule has 66 heavy (non-hydrogen) atoms. The maximum atomic E-state index is 14.6. The van der Waals surface area contributed by atoms with Crippen molar-refractivity contribution in [3.8, 4) is 0 Å². The molecular weight excluding hydrogens is 995 g/mol. The molecule has 2 heterocycles. The van der Waals surface area contributed by atoms with Gasteiger partial charge in [0.15, 0.2) is 7.05 Å². The lowest BCUT2D eigenvalue weighted by Gasteiger charge is -2.27. The number of hydrogen-bond donors (Lipinski definition) is 1. The molecule has 2 aliphatic heterocycles. The van der Waals surface area contributed by atoms with Crippen LogP contribution in [0.5, 0.6) is 0 Å². The van der Waals surface area contributed by atoms with Crippen molar-refractivity contribution in [2.24, 2.45) is 0 Å². The number of halogens is 2. The first-order valence-corrected chi connectivity index (χ1v) is 27.6. The molecule has 12 heteroatoms. The van der Waals surface area contributed by atoms with E-state index in [-0.39, 0.29) is 16.1 Å². The van der Waals surface area contributed by atoms with E-state index in [0.29, 0.717) is 37.9 Å². The first-order chi connectivity index (χ1) is 31.2. The summed E-state index contributed by atoms with van der Waals surface area (Å²) in [5.74, 6) is -0.300. The number of allylic oxidation sites excluding steroid dienone is 8. The van der Waals surface area contributed by atoms with Crippen molar-refractivity contribution in [1.82, 2.24) is 0 Å². The van der Waals surface area contributed by atoms with Crippen molar-refractivity contribution >= 4 is 90.6 Å². The molecule has 0 spiro atoms. The number of aryl methyl sites for hydroxylation is 1. The molecule has 1 aliphatic carbocycles. The van der Waals surface area contributed by atoms with Crippen LogP contribution in [0.3, 0.4) is 0 Å². The Hall–Kier alpha value is -4.33. The molecule has 0 bridgehead atoms. The largest absolute Gasteiger partial charge is 0.395 e. The van der Waals surface area contributed by atoms with E-state index >= 15 is 0 Å². The third-order valence-corrected chi connectivity index (χ3v) is 17.3. The van der Waals surface area contributed by atoms with Gasteiger partial charge in [-0.25, -0.2) is 0 Å². The van der Waals surface area contributed by atoms with Crippen LogP contribution in [-0.4, -0.2) is 57.0 Å². The fourth-order valence-corrected chi connectivity index (χ4v) is 13.1. The van der Waals surface area contributed by atoms with Crippen molar-refractivity contribution in [2.75, 3.05) is 35.7 Å². The van der Waals surface area contributed by atoms with Crippen LogP contribution in [0.25, 0.3) is 21.5 Å². The molecule has 0 radical (unpaired) electrons. The molecule has 0 atom stereocenters. The van der Waals surface area contributed by atoms with Crippen molar-refractivity contribution in [2.45, 2.75) is 102 Å². The molecule has 5 aromatic carbocycles. The Morgan fingerprint density at radius 1 is 0.652 bits per heavy atom. The average Bonchev–Trinajstić information content (AvgIpc) is 3.83. The molecule has 1 saturated carbocycles. The van der Waals surface area contributed by atoms with Gasteiger partial charge in [-0.15, -0.1) is 3.98 Å². The van der Waals surface area contributed by atoms with Gasteiger partial charge in [-0.2, -0.15) is 16.8 Å². The number of nitrogens with zero attached hydrogens (tertiary/aromatic N) is 3. The van der Waals surface area contributed by atoms with Gasteiger partial charge in [0, 0.05) is 66.8 Å². The highest BCUT2D eigenvalue weighted by atomic mass is 79.9. The third-order valence-electron chi connectivity index (χ3n) is 13.8. The van der Waals surface area contributed by atoms with Gasteiger partial charge in [-0.05, 0) is 132 Å². The van der Waals surface area contributed by atoms with E-state index in [0.717, 1.165) is 73.6 Å². The monoisotopic (exact) mass is 1050 g/mol. The first kappa shape index (κ1) is 48.1. The Labute approximate surface area is 408 Å². The zero-order valence-electron chi connectivity index (χ0n) is 39.0. The lowest BCUT2D eigenvalue weighted by molar-refractivity contribution is -0.325. The fourth-order valence-electron chi connectivity index (χ4n) is 10.5. The summed E-state index contributed by atoms with van der Waals surface area (Å²) in [6.45, 7) is 14.7. The van der Waals surface area contributed by atoms with Gasteiger partial charge >= 0.3 is 10.0 Å². The summed E-state index contributed by atoms with van der Waals surface area (Å²) in [5, 5.41) is 4.67. The van der Waals surface area contributed by atoms with E-state index in [9.17, 15) is 21.4 Å². The Balaban J connectivity index is 1.27. The lowest BCUT2D eigenvalue weighted by atomic mass is 9.81. The fraction of sp³-hybridized carbons (Fsp3) is 0.352. The molecule has 0 amide bonds. The Kier molecular flexibility index (Phi) is 13.6. The van der Waals surface area contributed by atoms with E-state index in [4.69, 9.17) is 0 Å².